The topological polar surface area (TPSA) is 62.0 Å². The predicted octanol–water partition coefficient (Wildman–Crippen LogP) is 0.687. The van der Waals surface area contributed by atoms with Gasteiger partial charge in [-0.2, -0.15) is 5.10 Å². The number of rotatable bonds is 3. The zero-order valence-electron chi connectivity index (χ0n) is 10.3. The fourth-order valence-electron chi connectivity index (χ4n) is 2.75. The third kappa shape index (κ3) is 2.17. The number of nitrogens with zero attached hydrogens (tertiary/aromatic N) is 1. The van der Waals surface area contributed by atoms with E-state index in [2.05, 4.69) is 20.8 Å². The lowest BCUT2D eigenvalue weighted by Crippen LogP contribution is -2.25. The first kappa shape index (κ1) is 11.0. The molecular formula is C12H20N4O. The van der Waals surface area contributed by atoms with Crippen LogP contribution in [0.25, 0.3) is 0 Å². The fourth-order valence-corrected chi connectivity index (χ4v) is 2.75. The van der Waals surface area contributed by atoms with Gasteiger partial charge in [-0.25, -0.2) is 0 Å². The van der Waals surface area contributed by atoms with E-state index >= 15 is 0 Å². The summed E-state index contributed by atoms with van der Waals surface area (Å²) in [5.41, 5.74) is 2.61. The first-order valence-electron chi connectivity index (χ1n) is 6.43. The molecule has 0 bridgehead atoms. The van der Waals surface area contributed by atoms with Crippen LogP contribution in [0.15, 0.2) is 0 Å². The Kier molecular flexibility index (Phi) is 3.03. The van der Waals surface area contributed by atoms with Crippen molar-refractivity contribution in [2.45, 2.75) is 37.8 Å². The Morgan fingerprint density at radius 2 is 2.35 bits per heavy atom. The summed E-state index contributed by atoms with van der Waals surface area (Å²) in [5.74, 6) is 1.04. The standard InChI is InChI=1S/C12H20N4O/c1-17-9-2-3-11-10(6-9)12(16-15-11)14-8-4-5-13-7-8/h8-9,13H,2-7H2,1H3,(H2,14,15,16). The summed E-state index contributed by atoms with van der Waals surface area (Å²) >= 11 is 0. The number of hydrogen-bond donors (Lipinski definition) is 3. The Morgan fingerprint density at radius 1 is 1.41 bits per heavy atom. The zero-order valence-corrected chi connectivity index (χ0v) is 10.3. The van der Waals surface area contributed by atoms with Crippen molar-refractivity contribution in [1.29, 1.82) is 0 Å². The van der Waals surface area contributed by atoms with Crippen molar-refractivity contribution in [3.63, 3.8) is 0 Å². The van der Waals surface area contributed by atoms with Gasteiger partial charge in [0.05, 0.1) is 6.10 Å². The molecule has 1 fully saturated rings. The number of aromatic nitrogens is 2. The lowest BCUT2D eigenvalue weighted by Gasteiger charge is -2.21. The smallest absolute Gasteiger partial charge is 0.151 e. The molecule has 0 amide bonds. The van der Waals surface area contributed by atoms with Crippen LogP contribution in [0.4, 0.5) is 5.82 Å². The third-order valence-corrected chi connectivity index (χ3v) is 3.84. The molecule has 1 aliphatic heterocycles. The van der Waals surface area contributed by atoms with Crippen LogP contribution >= 0.6 is 0 Å². The Bertz CT molecular complexity index is 384. The first-order valence-corrected chi connectivity index (χ1v) is 6.43. The van der Waals surface area contributed by atoms with Crippen molar-refractivity contribution in [1.82, 2.24) is 15.5 Å². The number of fused-ring (bicyclic) bond motifs is 1. The minimum atomic E-state index is 0.349. The maximum absolute atomic E-state index is 5.46. The molecule has 3 rings (SSSR count). The van der Waals surface area contributed by atoms with Crippen molar-refractivity contribution in [3.05, 3.63) is 11.3 Å². The van der Waals surface area contributed by atoms with Gasteiger partial charge in [-0.1, -0.05) is 0 Å². The fraction of sp³-hybridized carbons (Fsp3) is 0.750. The minimum absolute atomic E-state index is 0.349. The van der Waals surface area contributed by atoms with Crippen LogP contribution in [-0.2, 0) is 17.6 Å². The van der Waals surface area contributed by atoms with Crippen LogP contribution in [0.1, 0.15) is 24.1 Å². The molecule has 5 heteroatoms. The highest BCUT2D eigenvalue weighted by molar-refractivity contribution is 5.49. The van der Waals surface area contributed by atoms with Gasteiger partial charge < -0.3 is 15.4 Å². The second-order valence-electron chi connectivity index (χ2n) is 4.96. The van der Waals surface area contributed by atoms with Gasteiger partial charge in [0.15, 0.2) is 5.82 Å². The van der Waals surface area contributed by atoms with E-state index in [0.717, 1.165) is 38.2 Å². The van der Waals surface area contributed by atoms with Gasteiger partial charge >= 0.3 is 0 Å². The van der Waals surface area contributed by atoms with Gasteiger partial charge in [-0.05, 0) is 25.8 Å². The maximum Gasteiger partial charge on any atom is 0.151 e. The number of nitrogens with one attached hydrogen (secondary N) is 3. The summed E-state index contributed by atoms with van der Waals surface area (Å²) in [6.07, 6.45) is 4.64. The van der Waals surface area contributed by atoms with E-state index in [1.54, 1.807) is 7.11 Å². The predicted molar refractivity (Wildman–Crippen MR) is 66.3 cm³/mol. The molecule has 2 aliphatic rings. The molecule has 2 unspecified atom stereocenters. The number of ether oxygens (including phenoxy) is 1. The van der Waals surface area contributed by atoms with Crippen LogP contribution < -0.4 is 10.6 Å². The van der Waals surface area contributed by atoms with Crippen molar-refractivity contribution in [2.24, 2.45) is 0 Å². The second kappa shape index (κ2) is 4.66. The van der Waals surface area contributed by atoms with Crippen LogP contribution in [0.3, 0.4) is 0 Å². The Morgan fingerprint density at radius 3 is 3.12 bits per heavy atom. The molecule has 1 aliphatic carbocycles. The summed E-state index contributed by atoms with van der Waals surface area (Å²) in [5, 5.41) is 14.5. The van der Waals surface area contributed by atoms with E-state index in [0.29, 0.717) is 12.1 Å². The molecule has 2 atom stereocenters. The van der Waals surface area contributed by atoms with Crippen molar-refractivity contribution in [2.75, 3.05) is 25.5 Å². The number of H-pyrrole nitrogens is 1. The number of aromatic amines is 1. The van der Waals surface area contributed by atoms with Gasteiger partial charge in [0, 0.05) is 37.4 Å². The zero-order chi connectivity index (χ0) is 11.7. The minimum Gasteiger partial charge on any atom is -0.381 e. The highest BCUT2D eigenvalue weighted by Gasteiger charge is 2.25. The monoisotopic (exact) mass is 236 g/mol. The largest absolute Gasteiger partial charge is 0.381 e. The molecule has 17 heavy (non-hydrogen) atoms. The summed E-state index contributed by atoms with van der Waals surface area (Å²) in [4.78, 5) is 0. The molecular weight excluding hydrogens is 216 g/mol. The molecule has 5 nitrogen and oxygen atoms in total. The Hall–Kier alpha value is -1.07. The highest BCUT2D eigenvalue weighted by Crippen LogP contribution is 2.27. The average molecular weight is 236 g/mol. The van der Waals surface area contributed by atoms with Crippen LogP contribution in [0.2, 0.25) is 0 Å². The summed E-state index contributed by atoms with van der Waals surface area (Å²) in [6.45, 7) is 2.14. The lowest BCUT2D eigenvalue weighted by molar-refractivity contribution is 0.0910. The molecule has 0 spiro atoms. The normalized spacial score (nSPS) is 28.1. The van der Waals surface area contributed by atoms with Gasteiger partial charge in [0.25, 0.3) is 0 Å². The van der Waals surface area contributed by atoms with Crippen molar-refractivity contribution >= 4 is 5.82 Å². The van der Waals surface area contributed by atoms with Gasteiger partial charge in [0.1, 0.15) is 0 Å². The Labute approximate surface area is 101 Å². The molecule has 3 N–H and O–H groups in total. The van der Waals surface area contributed by atoms with E-state index in [1.165, 1.54) is 17.7 Å². The molecule has 1 aromatic heterocycles. The Balaban J connectivity index is 1.74. The molecule has 0 aromatic carbocycles. The van der Waals surface area contributed by atoms with Crippen molar-refractivity contribution in [3.8, 4) is 0 Å². The quantitative estimate of drug-likeness (QED) is 0.722. The van der Waals surface area contributed by atoms with Crippen LogP contribution in [-0.4, -0.2) is 42.5 Å². The molecule has 1 saturated heterocycles. The van der Waals surface area contributed by atoms with Crippen LogP contribution in [0, 0.1) is 0 Å². The van der Waals surface area contributed by atoms with Crippen molar-refractivity contribution < 1.29 is 4.74 Å². The average Bonchev–Trinajstić information content (AvgIpc) is 2.99. The number of aryl methyl sites for hydroxylation is 1. The van der Waals surface area contributed by atoms with E-state index in [1.807, 2.05) is 0 Å². The van der Waals surface area contributed by atoms with Gasteiger partial charge in [0.2, 0.25) is 0 Å². The van der Waals surface area contributed by atoms with E-state index < -0.39 is 0 Å². The summed E-state index contributed by atoms with van der Waals surface area (Å²) in [6, 6.07) is 0.519. The number of hydrogen-bond acceptors (Lipinski definition) is 4. The SMILES string of the molecule is COC1CCc2[nH]nc(NC3CCNC3)c2C1. The molecule has 2 heterocycles. The molecule has 94 valence electrons. The van der Waals surface area contributed by atoms with E-state index in [4.69, 9.17) is 4.74 Å². The summed E-state index contributed by atoms with van der Waals surface area (Å²) < 4.78 is 5.46. The van der Waals surface area contributed by atoms with Gasteiger partial charge in [-0.15, -0.1) is 0 Å². The highest BCUT2D eigenvalue weighted by atomic mass is 16.5. The second-order valence-corrected chi connectivity index (χ2v) is 4.96. The molecule has 0 radical (unpaired) electrons. The maximum atomic E-state index is 5.46. The summed E-state index contributed by atoms with van der Waals surface area (Å²) in [7, 11) is 1.80. The van der Waals surface area contributed by atoms with Crippen LogP contribution in [0.5, 0.6) is 0 Å². The van der Waals surface area contributed by atoms with E-state index in [9.17, 15) is 0 Å². The number of anilines is 1. The van der Waals surface area contributed by atoms with Gasteiger partial charge in [-0.3, -0.25) is 5.10 Å². The number of methoxy groups -OCH3 is 1. The molecule has 0 saturated carbocycles. The molecule has 1 aromatic rings. The first-order chi connectivity index (χ1) is 8.36. The third-order valence-electron chi connectivity index (χ3n) is 3.84. The van der Waals surface area contributed by atoms with E-state index in [-0.39, 0.29) is 0 Å². The lowest BCUT2D eigenvalue weighted by atomic mass is 9.94.